The number of morpholine rings is 1. The first-order chi connectivity index (χ1) is 13.6. The van der Waals surface area contributed by atoms with Gasteiger partial charge in [-0.2, -0.15) is 5.10 Å². The summed E-state index contributed by atoms with van der Waals surface area (Å²) in [6.07, 6.45) is 3.41. The summed E-state index contributed by atoms with van der Waals surface area (Å²) in [5.74, 6) is -0.492. The second kappa shape index (κ2) is 8.04. The molecule has 0 aliphatic carbocycles. The van der Waals surface area contributed by atoms with E-state index >= 15 is 0 Å². The Labute approximate surface area is 162 Å². The summed E-state index contributed by atoms with van der Waals surface area (Å²) >= 11 is 0. The van der Waals surface area contributed by atoms with Gasteiger partial charge in [-0.1, -0.05) is 12.1 Å². The molecule has 7 nitrogen and oxygen atoms in total. The van der Waals surface area contributed by atoms with Crippen molar-refractivity contribution in [3.8, 4) is 0 Å². The minimum Gasteiger partial charge on any atom is -0.379 e. The molecule has 28 heavy (non-hydrogen) atoms. The Morgan fingerprint density at radius 2 is 2.04 bits per heavy atom. The first-order valence-corrected chi connectivity index (χ1v) is 9.29. The molecular weight excluding hydrogens is 361 g/mol. The van der Waals surface area contributed by atoms with Gasteiger partial charge in [0.1, 0.15) is 11.4 Å². The van der Waals surface area contributed by atoms with Gasteiger partial charge in [-0.3, -0.25) is 9.69 Å². The number of fused-ring (bicyclic) bond motifs is 1. The van der Waals surface area contributed by atoms with Gasteiger partial charge in [0.15, 0.2) is 5.65 Å². The second-order valence-corrected chi connectivity index (χ2v) is 6.77. The maximum atomic E-state index is 13.4. The maximum Gasteiger partial charge on any atom is 0.257 e. The van der Waals surface area contributed by atoms with Crippen molar-refractivity contribution in [2.45, 2.75) is 13.0 Å². The number of benzene rings is 1. The molecule has 1 aromatic carbocycles. The zero-order valence-corrected chi connectivity index (χ0v) is 15.6. The van der Waals surface area contributed by atoms with Crippen LogP contribution < -0.4 is 5.32 Å². The SMILES string of the molecule is Cc1nn2cccnc2c1C(=O)NCC(c1ccc(F)cc1)N1CCOCC1. The van der Waals surface area contributed by atoms with E-state index in [-0.39, 0.29) is 17.8 Å². The largest absolute Gasteiger partial charge is 0.379 e. The van der Waals surface area contributed by atoms with E-state index in [2.05, 4.69) is 20.3 Å². The molecule has 0 spiro atoms. The normalized spacial score (nSPS) is 16.2. The van der Waals surface area contributed by atoms with Gasteiger partial charge in [-0.25, -0.2) is 13.9 Å². The lowest BCUT2D eigenvalue weighted by molar-refractivity contribution is 0.0162. The number of carbonyl (C=O) groups excluding carboxylic acids is 1. The van der Waals surface area contributed by atoms with Crippen LogP contribution in [0, 0.1) is 12.7 Å². The number of hydrogen-bond acceptors (Lipinski definition) is 5. The molecule has 0 saturated carbocycles. The van der Waals surface area contributed by atoms with E-state index in [0.717, 1.165) is 18.7 Å². The fourth-order valence-electron chi connectivity index (χ4n) is 3.57. The number of rotatable bonds is 5. The van der Waals surface area contributed by atoms with Crippen LogP contribution in [-0.2, 0) is 4.74 Å². The van der Waals surface area contributed by atoms with Crippen LogP contribution in [0.4, 0.5) is 4.39 Å². The van der Waals surface area contributed by atoms with E-state index < -0.39 is 0 Å². The van der Waals surface area contributed by atoms with Crippen LogP contribution in [-0.4, -0.2) is 58.3 Å². The van der Waals surface area contributed by atoms with Gasteiger partial charge >= 0.3 is 0 Å². The summed E-state index contributed by atoms with van der Waals surface area (Å²) < 4.78 is 20.4. The molecule has 1 aliphatic rings. The van der Waals surface area contributed by atoms with E-state index in [1.165, 1.54) is 12.1 Å². The number of amides is 1. The third-order valence-electron chi connectivity index (χ3n) is 4.99. The van der Waals surface area contributed by atoms with Crippen LogP contribution in [0.3, 0.4) is 0 Å². The lowest BCUT2D eigenvalue weighted by Gasteiger charge is -2.35. The van der Waals surface area contributed by atoms with Crippen molar-refractivity contribution in [2.24, 2.45) is 0 Å². The van der Waals surface area contributed by atoms with Crippen molar-refractivity contribution in [1.82, 2.24) is 24.8 Å². The van der Waals surface area contributed by atoms with Crippen LogP contribution in [0.2, 0.25) is 0 Å². The molecule has 1 fully saturated rings. The molecule has 0 radical (unpaired) electrons. The Balaban J connectivity index is 1.55. The average molecular weight is 383 g/mol. The second-order valence-electron chi connectivity index (χ2n) is 6.77. The minimum absolute atomic E-state index is 0.0662. The number of halogens is 1. The molecule has 2 aromatic heterocycles. The molecule has 3 heterocycles. The minimum atomic E-state index is -0.276. The van der Waals surface area contributed by atoms with E-state index in [1.54, 1.807) is 42.0 Å². The highest BCUT2D eigenvalue weighted by Gasteiger charge is 2.25. The number of nitrogens with one attached hydrogen (secondary N) is 1. The molecule has 1 atom stereocenters. The Kier molecular flexibility index (Phi) is 5.31. The van der Waals surface area contributed by atoms with Crippen molar-refractivity contribution in [3.63, 3.8) is 0 Å². The first kappa shape index (κ1) is 18.5. The number of aryl methyl sites for hydroxylation is 1. The Morgan fingerprint density at radius 1 is 1.29 bits per heavy atom. The van der Waals surface area contributed by atoms with Crippen LogP contribution in [0.25, 0.3) is 5.65 Å². The third-order valence-corrected chi connectivity index (χ3v) is 4.99. The van der Waals surface area contributed by atoms with Crippen molar-refractivity contribution in [3.05, 3.63) is 65.4 Å². The molecule has 1 N–H and O–H groups in total. The summed E-state index contributed by atoms with van der Waals surface area (Å²) in [7, 11) is 0. The molecule has 1 saturated heterocycles. The van der Waals surface area contributed by atoms with E-state index in [1.807, 2.05) is 0 Å². The maximum absolute atomic E-state index is 13.4. The van der Waals surface area contributed by atoms with Gasteiger partial charge < -0.3 is 10.1 Å². The van der Waals surface area contributed by atoms with Gasteiger partial charge in [0.05, 0.1) is 24.9 Å². The number of aromatic nitrogens is 3. The van der Waals surface area contributed by atoms with E-state index in [4.69, 9.17) is 4.74 Å². The molecular formula is C20H22FN5O2. The first-order valence-electron chi connectivity index (χ1n) is 9.29. The van der Waals surface area contributed by atoms with Crippen LogP contribution in [0.1, 0.15) is 27.7 Å². The highest BCUT2D eigenvalue weighted by atomic mass is 19.1. The summed E-state index contributed by atoms with van der Waals surface area (Å²) in [5.41, 5.74) is 2.59. The summed E-state index contributed by atoms with van der Waals surface area (Å²) in [6, 6.07) is 8.13. The summed E-state index contributed by atoms with van der Waals surface area (Å²) in [4.78, 5) is 19.4. The Hall–Kier alpha value is -2.84. The van der Waals surface area contributed by atoms with Crippen LogP contribution >= 0.6 is 0 Å². The van der Waals surface area contributed by atoms with Gasteiger partial charge in [-0.15, -0.1) is 0 Å². The van der Waals surface area contributed by atoms with Crippen molar-refractivity contribution >= 4 is 11.6 Å². The van der Waals surface area contributed by atoms with Crippen molar-refractivity contribution in [2.75, 3.05) is 32.8 Å². The van der Waals surface area contributed by atoms with E-state index in [9.17, 15) is 9.18 Å². The number of hydrogen-bond donors (Lipinski definition) is 1. The predicted octanol–water partition coefficient (Wildman–Crippen LogP) is 1.98. The van der Waals surface area contributed by atoms with E-state index in [0.29, 0.717) is 36.7 Å². The lowest BCUT2D eigenvalue weighted by Crippen LogP contribution is -2.43. The number of nitrogens with zero attached hydrogens (tertiary/aromatic N) is 4. The third kappa shape index (κ3) is 3.74. The molecule has 1 unspecified atom stereocenters. The molecule has 0 bridgehead atoms. The topological polar surface area (TPSA) is 71.8 Å². The molecule has 4 rings (SSSR count). The average Bonchev–Trinajstić information content (AvgIpc) is 3.06. The van der Waals surface area contributed by atoms with Crippen molar-refractivity contribution in [1.29, 1.82) is 0 Å². The van der Waals surface area contributed by atoms with Crippen molar-refractivity contribution < 1.29 is 13.9 Å². The summed E-state index contributed by atoms with van der Waals surface area (Å²) in [5, 5.41) is 7.36. The highest BCUT2D eigenvalue weighted by molar-refractivity contribution is 6.00. The Morgan fingerprint density at radius 3 is 2.79 bits per heavy atom. The standard InChI is InChI=1S/C20H22FN5O2/c1-14-18(19-22-7-2-8-26(19)24-14)20(27)23-13-17(25-9-11-28-12-10-25)15-3-5-16(21)6-4-15/h2-8,17H,9-13H2,1H3,(H,23,27). The zero-order valence-electron chi connectivity index (χ0n) is 15.6. The molecule has 1 aliphatic heterocycles. The molecule has 8 heteroatoms. The fourth-order valence-corrected chi connectivity index (χ4v) is 3.57. The van der Waals surface area contributed by atoms with Gasteiger partial charge in [0, 0.05) is 32.0 Å². The highest BCUT2D eigenvalue weighted by Crippen LogP contribution is 2.22. The van der Waals surface area contributed by atoms with Crippen LogP contribution in [0.5, 0.6) is 0 Å². The monoisotopic (exact) mass is 383 g/mol. The lowest BCUT2D eigenvalue weighted by atomic mass is 10.0. The Bertz CT molecular complexity index is 966. The zero-order chi connectivity index (χ0) is 19.5. The molecule has 146 valence electrons. The van der Waals surface area contributed by atoms with Crippen LogP contribution in [0.15, 0.2) is 42.7 Å². The predicted molar refractivity (Wildman–Crippen MR) is 102 cm³/mol. The number of ether oxygens (including phenoxy) is 1. The number of carbonyl (C=O) groups is 1. The fraction of sp³-hybridized carbons (Fsp3) is 0.350. The van der Waals surface area contributed by atoms with Gasteiger partial charge in [0.2, 0.25) is 0 Å². The molecule has 1 amide bonds. The smallest absolute Gasteiger partial charge is 0.257 e. The molecule has 3 aromatic rings. The van der Waals surface area contributed by atoms with Gasteiger partial charge in [-0.05, 0) is 30.7 Å². The quantitative estimate of drug-likeness (QED) is 0.730. The summed E-state index contributed by atoms with van der Waals surface area (Å²) in [6.45, 7) is 4.99. The van der Waals surface area contributed by atoms with Gasteiger partial charge in [0.25, 0.3) is 5.91 Å².